The van der Waals surface area contributed by atoms with Crippen molar-refractivity contribution in [2.45, 2.75) is 26.8 Å². The van der Waals surface area contributed by atoms with E-state index in [4.69, 9.17) is 11.6 Å². The van der Waals surface area contributed by atoms with Crippen LogP contribution in [0.15, 0.2) is 60.7 Å². The maximum Gasteiger partial charge on any atom is 0.791 e. The lowest BCUT2D eigenvalue weighted by molar-refractivity contribution is -0.888. The molecule has 0 aliphatic rings. The Labute approximate surface area is 226 Å². The van der Waals surface area contributed by atoms with E-state index in [2.05, 4.69) is 60.3 Å². The Morgan fingerprint density at radius 1 is 0.784 bits per heavy atom. The third-order valence-corrected chi connectivity index (χ3v) is 6.21. The number of carbonyl (C=O) groups excluding carboxylic acids is 2. The number of aryl methyl sites for hydroxylation is 2. The van der Waals surface area contributed by atoms with E-state index in [1.54, 1.807) is 12.1 Å². The van der Waals surface area contributed by atoms with Crippen LogP contribution in [0.1, 0.15) is 44.3 Å². The summed E-state index contributed by atoms with van der Waals surface area (Å²) in [5.74, 6) is -0.452. The molecule has 193 valence electrons. The van der Waals surface area contributed by atoms with Gasteiger partial charge in [0, 0.05) is 22.4 Å². The molecule has 0 aliphatic heterocycles. The Kier molecular flexibility index (Phi) is 8.85. The third-order valence-electron chi connectivity index (χ3n) is 5.90. The van der Waals surface area contributed by atoms with Crippen molar-refractivity contribution in [3.8, 4) is 0 Å². The molecule has 8 heteroatoms. The van der Waals surface area contributed by atoms with Crippen LogP contribution < -0.4 is 10.6 Å². The molecule has 37 heavy (non-hydrogen) atoms. The minimum Gasteiger partial charge on any atom is -0.337 e. The lowest BCUT2D eigenvalue weighted by atomic mass is 9.97. The fourth-order valence-electron chi connectivity index (χ4n) is 4.40. The second-order valence-electron chi connectivity index (χ2n) is 11.0. The minimum absolute atomic E-state index is 0.209. The van der Waals surface area contributed by atoms with Crippen LogP contribution in [0, 0.1) is 6.92 Å². The van der Waals surface area contributed by atoms with Crippen LogP contribution in [-0.4, -0.2) is 63.4 Å². The van der Waals surface area contributed by atoms with Gasteiger partial charge in [-0.3, -0.25) is 9.59 Å². The van der Waals surface area contributed by atoms with Gasteiger partial charge in [0.05, 0.1) is 52.5 Å². The lowest BCUT2D eigenvalue weighted by Crippen LogP contribution is -2.56. The molecule has 0 heterocycles. The number of halogens is 1. The van der Waals surface area contributed by atoms with Crippen LogP contribution >= 0.6 is 11.6 Å². The van der Waals surface area contributed by atoms with Crippen LogP contribution in [0.25, 0.3) is 0 Å². The average Bonchev–Trinajstić information content (AvgIpc) is 2.80. The molecule has 0 aromatic heterocycles. The first-order valence-corrected chi connectivity index (χ1v) is 12.8. The first kappa shape index (κ1) is 28.4. The Hall–Kier alpha value is -3.13. The molecule has 3 aromatic rings. The number of carbonyl (C=O) groups is 2. The van der Waals surface area contributed by atoms with E-state index in [0.29, 0.717) is 27.5 Å². The Bertz CT molecular complexity index is 1270. The Morgan fingerprint density at radius 2 is 1.27 bits per heavy atom. The van der Waals surface area contributed by atoms with Crippen LogP contribution in [0.2, 0.25) is 5.02 Å². The molecule has 1 radical (unpaired) electrons. The van der Waals surface area contributed by atoms with E-state index in [-0.39, 0.29) is 11.8 Å². The molecular weight excluding hydrogens is 483 g/mol. The second-order valence-corrected chi connectivity index (χ2v) is 11.4. The standard InChI is InChI=1S/C29H37BClN4O2/c1-8-21-9-13-23(14-10-21)28(36)32-26-18-25(31)27(17-20(26)2)33-29(37)24-15-11-22(12-16-24)19-35(6,7)30-34(3,4)5/h9-18H,8,19H2,1-7H3,(H,32,36)(H,33,37)/q+2. The zero-order valence-corrected chi connectivity index (χ0v) is 23.6. The molecule has 3 rings (SSSR count). The van der Waals surface area contributed by atoms with E-state index < -0.39 is 0 Å². The SMILES string of the molecule is CCc1ccc(C(=O)Nc2cc(Cl)c(NC(=O)c3ccc(C[N+](C)(C)[B][N+](C)(C)C)cc3)cc2C)cc1. The van der Waals surface area contributed by atoms with Gasteiger partial charge in [-0.1, -0.05) is 42.8 Å². The largest absolute Gasteiger partial charge is 0.791 e. The van der Waals surface area contributed by atoms with Crippen molar-refractivity contribution in [3.05, 3.63) is 93.5 Å². The topological polar surface area (TPSA) is 58.2 Å². The average molecular weight is 520 g/mol. The van der Waals surface area contributed by atoms with Crippen molar-refractivity contribution < 1.29 is 18.4 Å². The highest BCUT2D eigenvalue weighted by Gasteiger charge is 2.36. The Morgan fingerprint density at radius 3 is 1.76 bits per heavy atom. The molecule has 0 aliphatic carbocycles. The van der Waals surface area contributed by atoms with Crippen molar-refractivity contribution in [1.82, 2.24) is 0 Å². The summed E-state index contributed by atoms with van der Waals surface area (Å²) in [6.45, 7) is 4.76. The van der Waals surface area contributed by atoms with Gasteiger partial charge in [0.15, 0.2) is 0 Å². The first-order chi connectivity index (χ1) is 17.3. The number of anilines is 2. The number of hydrogen-bond donors (Lipinski definition) is 2. The van der Waals surface area contributed by atoms with Crippen molar-refractivity contribution in [2.24, 2.45) is 0 Å². The highest BCUT2D eigenvalue weighted by Crippen LogP contribution is 2.30. The molecule has 0 atom stereocenters. The van der Waals surface area contributed by atoms with Crippen LogP contribution in [0.3, 0.4) is 0 Å². The fraction of sp³-hybridized carbons (Fsp3) is 0.310. The summed E-state index contributed by atoms with van der Waals surface area (Å²) in [5.41, 5.74) is 5.33. The van der Waals surface area contributed by atoms with E-state index in [1.807, 2.05) is 55.5 Å². The number of amides is 2. The van der Waals surface area contributed by atoms with Crippen molar-refractivity contribution >= 4 is 42.3 Å². The summed E-state index contributed by atoms with van der Waals surface area (Å²) in [6, 6.07) is 18.6. The van der Waals surface area contributed by atoms with E-state index >= 15 is 0 Å². The quantitative estimate of drug-likeness (QED) is 0.365. The zero-order chi connectivity index (χ0) is 27.4. The van der Waals surface area contributed by atoms with Gasteiger partial charge in [0.25, 0.3) is 11.8 Å². The van der Waals surface area contributed by atoms with Gasteiger partial charge in [-0.2, -0.15) is 0 Å². The minimum atomic E-state index is -0.243. The van der Waals surface area contributed by atoms with E-state index in [1.165, 1.54) is 5.56 Å². The highest BCUT2D eigenvalue weighted by molar-refractivity contribution is 6.34. The second kappa shape index (κ2) is 11.5. The molecule has 0 bridgehead atoms. The zero-order valence-electron chi connectivity index (χ0n) is 22.9. The molecular formula is C29H37BClN4O2+2. The van der Waals surface area contributed by atoms with E-state index in [9.17, 15) is 9.59 Å². The smallest absolute Gasteiger partial charge is 0.337 e. The maximum absolute atomic E-state index is 12.9. The molecule has 0 saturated carbocycles. The van der Waals surface area contributed by atoms with Gasteiger partial charge in [0.1, 0.15) is 0 Å². The van der Waals surface area contributed by atoms with Crippen LogP contribution in [-0.2, 0) is 13.0 Å². The van der Waals surface area contributed by atoms with Crippen LogP contribution in [0.5, 0.6) is 0 Å². The summed E-state index contributed by atoms with van der Waals surface area (Å²) in [7, 11) is 13.0. The summed E-state index contributed by atoms with van der Waals surface area (Å²) < 4.78 is 1.47. The van der Waals surface area contributed by atoms with Gasteiger partial charge in [-0.05, 0) is 60.9 Å². The Balaban J connectivity index is 1.67. The highest BCUT2D eigenvalue weighted by atomic mass is 35.5. The van der Waals surface area contributed by atoms with Gasteiger partial charge in [-0.15, -0.1) is 0 Å². The number of hydrogen-bond acceptors (Lipinski definition) is 2. The summed E-state index contributed by atoms with van der Waals surface area (Å²) in [4.78, 5) is 25.6. The molecule has 3 aromatic carbocycles. The number of nitrogens with zero attached hydrogens (tertiary/aromatic N) is 2. The molecule has 2 amide bonds. The predicted molar refractivity (Wildman–Crippen MR) is 154 cm³/mol. The molecule has 0 unspecified atom stereocenters. The normalized spacial score (nSPS) is 11.7. The van der Waals surface area contributed by atoms with Crippen molar-refractivity contribution in [2.75, 3.05) is 45.9 Å². The van der Waals surface area contributed by atoms with Crippen molar-refractivity contribution in [3.63, 3.8) is 0 Å². The molecule has 6 nitrogen and oxygen atoms in total. The first-order valence-electron chi connectivity index (χ1n) is 12.4. The molecule has 0 spiro atoms. The van der Waals surface area contributed by atoms with Gasteiger partial charge in [0.2, 0.25) is 0 Å². The number of nitrogens with one attached hydrogen (secondary N) is 2. The monoisotopic (exact) mass is 519 g/mol. The number of benzene rings is 3. The number of rotatable bonds is 9. The van der Waals surface area contributed by atoms with E-state index in [0.717, 1.165) is 32.9 Å². The lowest BCUT2D eigenvalue weighted by Gasteiger charge is -2.32. The predicted octanol–water partition coefficient (Wildman–Crippen LogP) is 5.53. The van der Waals surface area contributed by atoms with Gasteiger partial charge >= 0.3 is 7.55 Å². The number of quaternary nitrogens is 2. The molecule has 0 fully saturated rings. The van der Waals surface area contributed by atoms with Crippen LogP contribution in [0.4, 0.5) is 11.4 Å². The maximum atomic E-state index is 12.9. The van der Waals surface area contributed by atoms with Gasteiger partial charge in [-0.25, -0.2) is 0 Å². The summed E-state index contributed by atoms with van der Waals surface area (Å²) >= 11 is 6.48. The summed E-state index contributed by atoms with van der Waals surface area (Å²) in [5, 5.41) is 6.16. The molecule has 2 N–H and O–H groups in total. The summed E-state index contributed by atoms with van der Waals surface area (Å²) in [6.07, 6.45) is 0.918. The molecule has 0 saturated heterocycles. The van der Waals surface area contributed by atoms with Crippen molar-refractivity contribution in [1.29, 1.82) is 0 Å². The third kappa shape index (κ3) is 8.19. The fourth-order valence-corrected chi connectivity index (χ4v) is 4.61. The van der Waals surface area contributed by atoms with Gasteiger partial charge < -0.3 is 19.4 Å².